The molecule has 0 saturated heterocycles. The molecule has 1 aromatic rings. The molecule has 0 heterocycles. The fraction of sp³-hybridized carbons (Fsp3) is 0.571. The molecule has 0 spiro atoms. The van der Waals surface area contributed by atoms with Crippen LogP contribution < -0.4 is 0 Å². The Morgan fingerprint density at radius 1 is 0.875 bits per heavy atom. The monoisotopic (exact) mass is 222 g/mol. The highest BCUT2D eigenvalue weighted by Crippen LogP contribution is 2.20. The Labute approximate surface area is 97.9 Å². The fourth-order valence-corrected chi connectivity index (χ4v) is 2.21. The van der Waals surface area contributed by atoms with E-state index in [1.807, 2.05) is 0 Å². The summed E-state index contributed by atoms with van der Waals surface area (Å²) in [6, 6.07) is 4.33. The number of benzene rings is 1. The molecule has 0 fully saturated rings. The van der Waals surface area contributed by atoms with Crippen LogP contribution in [0.1, 0.15) is 36.1 Å². The molecular formula is C14H22O2. The van der Waals surface area contributed by atoms with Crippen molar-refractivity contribution in [2.75, 3.05) is 13.2 Å². The van der Waals surface area contributed by atoms with Gasteiger partial charge in [-0.15, -0.1) is 0 Å². The Hall–Kier alpha value is -0.860. The van der Waals surface area contributed by atoms with Crippen LogP contribution in [0.25, 0.3) is 0 Å². The van der Waals surface area contributed by atoms with E-state index < -0.39 is 0 Å². The number of aryl methyl sites for hydroxylation is 2. The van der Waals surface area contributed by atoms with Gasteiger partial charge in [-0.1, -0.05) is 26.0 Å². The van der Waals surface area contributed by atoms with Crippen LogP contribution in [0.4, 0.5) is 0 Å². The summed E-state index contributed by atoms with van der Waals surface area (Å²) in [7, 11) is 0. The van der Waals surface area contributed by atoms with E-state index in [1.165, 1.54) is 22.3 Å². The van der Waals surface area contributed by atoms with Crippen molar-refractivity contribution in [1.29, 1.82) is 0 Å². The molecule has 2 nitrogen and oxygen atoms in total. The summed E-state index contributed by atoms with van der Waals surface area (Å²) in [4.78, 5) is 0. The molecule has 90 valence electrons. The second-order valence-corrected chi connectivity index (χ2v) is 4.05. The zero-order valence-electron chi connectivity index (χ0n) is 10.3. The Balaban J connectivity index is 3.14. The maximum atomic E-state index is 9.09. The minimum Gasteiger partial charge on any atom is -0.396 e. The van der Waals surface area contributed by atoms with Gasteiger partial charge in [0.1, 0.15) is 0 Å². The van der Waals surface area contributed by atoms with E-state index in [-0.39, 0.29) is 13.2 Å². The van der Waals surface area contributed by atoms with Crippen molar-refractivity contribution in [3.63, 3.8) is 0 Å². The van der Waals surface area contributed by atoms with Crippen LogP contribution in [0.5, 0.6) is 0 Å². The molecule has 0 aliphatic heterocycles. The molecule has 0 aliphatic carbocycles. The first-order chi connectivity index (χ1) is 7.76. The number of rotatable bonds is 6. The lowest BCUT2D eigenvalue weighted by Crippen LogP contribution is -2.04. The largest absolute Gasteiger partial charge is 0.396 e. The van der Waals surface area contributed by atoms with Gasteiger partial charge < -0.3 is 10.2 Å². The van der Waals surface area contributed by atoms with Gasteiger partial charge in [-0.05, 0) is 47.9 Å². The fourth-order valence-electron chi connectivity index (χ4n) is 2.21. The van der Waals surface area contributed by atoms with Crippen molar-refractivity contribution in [3.8, 4) is 0 Å². The van der Waals surface area contributed by atoms with Gasteiger partial charge >= 0.3 is 0 Å². The van der Waals surface area contributed by atoms with Gasteiger partial charge in [0.25, 0.3) is 0 Å². The van der Waals surface area contributed by atoms with Gasteiger partial charge in [-0.3, -0.25) is 0 Å². The highest BCUT2D eigenvalue weighted by atomic mass is 16.3. The summed E-state index contributed by atoms with van der Waals surface area (Å²) in [6.45, 7) is 4.68. The number of aliphatic hydroxyl groups is 2. The predicted octanol–water partition coefficient (Wildman–Crippen LogP) is 1.88. The molecule has 2 N–H and O–H groups in total. The second kappa shape index (κ2) is 6.66. The molecule has 0 amide bonds. The second-order valence-electron chi connectivity index (χ2n) is 4.05. The summed E-state index contributed by atoms with van der Waals surface area (Å²) in [5, 5.41) is 18.1. The van der Waals surface area contributed by atoms with Gasteiger partial charge in [0.05, 0.1) is 0 Å². The van der Waals surface area contributed by atoms with Crippen LogP contribution in [0.3, 0.4) is 0 Å². The summed E-state index contributed by atoms with van der Waals surface area (Å²) in [6.07, 6.45) is 3.44. The lowest BCUT2D eigenvalue weighted by molar-refractivity contribution is 0.297. The molecule has 1 rings (SSSR count). The molecular weight excluding hydrogens is 200 g/mol. The van der Waals surface area contributed by atoms with Crippen LogP contribution in [0, 0.1) is 0 Å². The predicted molar refractivity (Wildman–Crippen MR) is 66.8 cm³/mol. The molecule has 1 aromatic carbocycles. The van der Waals surface area contributed by atoms with E-state index in [0.29, 0.717) is 0 Å². The Morgan fingerprint density at radius 2 is 1.38 bits per heavy atom. The lowest BCUT2D eigenvalue weighted by atomic mass is 9.92. The van der Waals surface area contributed by atoms with Gasteiger partial charge in [-0.25, -0.2) is 0 Å². The molecule has 0 unspecified atom stereocenters. The van der Waals surface area contributed by atoms with Crippen LogP contribution in [0.2, 0.25) is 0 Å². The van der Waals surface area contributed by atoms with Gasteiger partial charge in [-0.2, -0.15) is 0 Å². The third kappa shape index (κ3) is 3.06. The summed E-state index contributed by atoms with van der Waals surface area (Å²) in [5.74, 6) is 0. The minimum absolute atomic E-state index is 0.200. The highest BCUT2D eigenvalue weighted by molar-refractivity contribution is 5.40. The molecule has 0 radical (unpaired) electrons. The van der Waals surface area contributed by atoms with Crippen molar-refractivity contribution in [3.05, 3.63) is 34.4 Å². The minimum atomic E-state index is 0.200. The van der Waals surface area contributed by atoms with Crippen molar-refractivity contribution in [1.82, 2.24) is 0 Å². The normalized spacial score (nSPS) is 10.8. The molecule has 2 heteroatoms. The van der Waals surface area contributed by atoms with E-state index in [9.17, 15) is 0 Å². The molecule has 0 aromatic heterocycles. The summed E-state index contributed by atoms with van der Waals surface area (Å²) in [5.41, 5.74) is 5.14. The van der Waals surface area contributed by atoms with E-state index >= 15 is 0 Å². The Kier molecular flexibility index (Phi) is 5.50. The molecule has 0 saturated carbocycles. The number of aliphatic hydroxyl groups excluding tert-OH is 2. The standard InChI is InChI=1S/C14H22O2/c1-3-12-9-11(5-7-15)10-13(4-2)14(12)6-8-16/h9-10,15-16H,3-8H2,1-2H3. The van der Waals surface area contributed by atoms with Crippen molar-refractivity contribution < 1.29 is 10.2 Å². The van der Waals surface area contributed by atoms with Gasteiger partial charge in [0.15, 0.2) is 0 Å². The van der Waals surface area contributed by atoms with Crippen LogP contribution >= 0.6 is 0 Å². The third-order valence-corrected chi connectivity index (χ3v) is 3.02. The zero-order chi connectivity index (χ0) is 12.0. The highest BCUT2D eigenvalue weighted by Gasteiger charge is 2.08. The summed E-state index contributed by atoms with van der Waals surface area (Å²) < 4.78 is 0. The quantitative estimate of drug-likeness (QED) is 0.771. The van der Waals surface area contributed by atoms with E-state index in [2.05, 4.69) is 26.0 Å². The molecule has 0 atom stereocenters. The first-order valence-corrected chi connectivity index (χ1v) is 6.12. The maximum Gasteiger partial charge on any atom is 0.0471 e. The Morgan fingerprint density at radius 3 is 1.75 bits per heavy atom. The number of hydrogen-bond acceptors (Lipinski definition) is 2. The van der Waals surface area contributed by atoms with Crippen molar-refractivity contribution in [2.24, 2.45) is 0 Å². The van der Waals surface area contributed by atoms with Crippen LogP contribution in [-0.4, -0.2) is 23.4 Å². The van der Waals surface area contributed by atoms with E-state index in [1.54, 1.807) is 0 Å². The SMILES string of the molecule is CCc1cc(CCO)cc(CC)c1CCO. The van der Waals surface area contributed by atoms with Crippen molar-refractivity contribution >= 4 is 0 Å². The van der Waals surface area contributed by atoms with E-state index in [0.717, 1.165) is 25.7 Å². The third-order valence-electron chi connectivity index (χ3n) is 3.02. The van der Waals surface area contributed by atoms with Crippen molar-refractivity contribution in [2.45, 2.75) is 39.5 Å². The maximum absolute atomic E-state index is 9.09. The summed E-state index contributed by atoms with van der Waals surface area (Å²) >= 11 is 0. The smallest absolute Gasteiger partial charge is 0.0471 e. The molecule has 16 heavy (non-hydrogen) atoms. The first kappa shape index (κ1) is 13.2. The van der Waals surface area contributed by atoms with Crippen LogP contribution in [-0.2, 0) is 25.7 Å². The molecule has 0 aliphatic rings. The topological polar surface area (TPSA) is 40.5 Å². The number of hydrogen-bond donors (Lipinski definition) is 2. The van der Waals surface area contributed by atoms with Gasteiger partial charge in [0.2, 0.25) is 0 Å². The zero-order valence-corrected chi connectivity index (χ0v) is 10.3. The first-order valence-electron chi connectivity index (χ1n) is 6.12. The van der Waals surface area contributed by atoms with E-state index in [4.69, 9.17) is 10.2 Å². The Bertz CT molecular complexity index is 307. The van der Waals surface area contributed by atoms with Gasteiger partial charge in [0, 0.05) is 13.2 Å². The average molecular weight is 222 g/mol. The lowest BCUT2D eigenvalue weighted by Gasteiger charge is -2.14. The average Bonchev–Trinajstić information content (AvgIpc) is 2.31. The van der Waals surface area contributed by atoms with Crippen LogP contribution in [0.15, 0.2) is 12.1 Å². The molecule has 0 bridgehead atoms.